The molecule has 1 N–H and O–H groups in total. The summed E-state index contributed by atoms with van der Waals surface area (Å²) in [6.45, 7) is 5.22. The Morgan fingerprint density at radius 3 is 2.47 bits per heavy atom. The van der Waals surface area contributed by atoms with E-state index in [-0.39, 0.29) is 23.5 Å². The van der Waals surface area contributed by atoms with Gasteiger partial charge in [-0.15, -0.1) is 0 Å². The van der Waals surface area contributed by atoms with Gasteiger partial charge in [0.2, 0.25) is 10.0 Å². The summed E-state index contributed by atoms with van der Waals surface area (Å²) in [7, 11) is -3.79. The largest absolute Gasteiger partial charge is 0.452 e. The lowest BCUT2D eigenvalue weighted by molar-refractivity contribution is -0.119. The summed E-state index contributed by atoms with van der Waals surface area (Å²) in [5.74, 6) is -1.27. The number of anilines is 1. The molecule has 0 unspecified atom stereocenters. The van der Waals surface area contributed by atoms with Crippen LogP contribution < -0.4 is 5.32 Å². The summed E-state index contributed by atoms with van der Waals surface area (Å²) in [6.07, 6.45) is 0. The van der Waals surface area contributed by atoms with Crippen LogP contribution in [0.1, 0.15) is 22.8 Å². The Kier molecular flexibility index (Phi) is 7.20. The molecule has 0 aliphatic carbocycles. The second-order valence-electron chi connectivity index (χ2n) is 9.11. The van der Waals surface area contributed by atoms with Crippen molar-refractivity contribution in [3.05, 3.63) is 71.8 Å². The molecule has 1 amide bonds. The van der Waals surface area contributed by atoms with Gasteiger partial charge in [-0.1, -0.05) is 24.3 Å². The predicted molar refractivity (Wildman–Crippen MR) is 145 cm³/mol. The summed E-state index contributed by atoms with van der Waals surface area (Å²) in [4.78, 5) is 25.3. The number of esters is 1. The number of rotatable bonds is 7. The number of fused-ring (bicyclic) bond motifs is 3. The third-order valence-electron chi connectivity index (χ3n) is 6.72. The first kappa shape index (κ1) is 25.9. The summed E-state index contributed by atoms with van der Waals surface area (Å²) in [5, 5.41) is 4.89. The second kappa shape index (κ2) is 10.6. The minimum atomic E-state index is -3.79. The number of nitrogens with zero attached hydrogens (tertiary/aromatic N) is 2. The smallest absolute Gasteiger partial charge is 0.338 e. The average Bonchev–Trinajstić information content (AvgIpc) is 3.25. The molecule has 1 aliphatic rings. The molecule has 10 heteroatoms. The molecule has 198 valence electrons. The first-order valence-corrected chi connectivity index (χ1v) is 13.9. The molecule has 38 heavy (non-hydrogen) atoms. The van der Waals surface area contributed by atoms with E-state index >= 15 is 0 Å². The number of amides is 1. The van der Waals surface area contributed by atoms with Crippen molar-refractivity contribution in [3.8, 4) is 0 Å². The molecule has 1 aromatic heterocycles. The standard InChI is InChI=1S/C28H29N3O6S/c1-3-31-24-7-5-4-6-22(24)23-17-21(10-11-25(23)31)29-27(32)18-37-28(33)20-9-8-19(2)26(16-20)38(34,35)30-12-14-36-15-13-30/h4-11,16-17H,3,12-15,18H2,1-2H3,(H,29,32). The van der Waals surface area contributed by atoms with Crippen molar-refractivity contribution in [2.45, 2.75) is 25.3 Å². The molecule has 1 aliphatic heterocycles. The maximum absolute atomic E-state index is 13.1. The van der Waals surface area contributed by atoms with Crippen LogP contribution in [-0.4, -0.2) is 62.1 Å². The number of hydrogen-bond donors (Lipinski definition) is 1. The zero-order valence-corrected chi connectivity index (χ0v) is 22.1. The van der Waals surface area contributed by atoms with Gasteiger partial charge in [0.15, 0.2) is 6.61 Å². The van der Waals surface area contributed by atoms with E-state index in [1.165, 1.54) is 16.4 Å². The van der Waals surface area contributed by atoms with Crippen LogP contribution >= 0.6 is 0 Å². The van der Waals surface area contributed by atoms with Crippen molar-refractivity contribution in [2.24, 2.45) is 0 Å². The number of carbonyl (C=O) groups excluding carboxylic acids is 2. The lowest BCUT2D eigenvalue weighted by Crippen LogP contribution is -2.40. The molecule has 4 aromatic rings. The maximum atomic E-state index is 13.1. The van der Waals surface area contributed by atoms with Crippen molar-refractivity contribution >= 4 is 49.4 Å². The van der Waals surface area contributed by atoms with Crippen LogP contribution in [-0.2, 0) is 30.8 Å². The van der Waals surface area contributed by atoms with Crippen LogP contribution in [0, 0.1) is 6.92 Å². The van der Waals surface area contributed by atoms with Gasteiger partial charge in [-0.05, 0) is 55.8 Å². The molecule has 2 heterocycles. The summed E-state index contributed by atoms with van der Waals surface area (Å²) in [6, 6.07) is 18.1. The van der Waals surface area contributed by atoms with E-state index in [1.54, 1.807) is 13.0 Å². The van der Waals surface area contributed by atoms with Gasteiger partial charge in [0, 0.05) is 47.1 Å². The lowest BCUT2D eigenvalue weighted by atomic mass is 10.1. The normalized spacial score (nSPS) is 14.6. The molecule has 1 fully saturated rings. The monoisotopic (exact) mass is 535 g/mol. The van der Waals surface area contributed by atoms with E-state index in [2.05, 4.69) is 22.9 Å². The van der Waals surface area contributed by atoms with Crippen molar-refractivity contribution in [2.75, 3.05) is 38.2 Å². The molecule has 0 radical (unpaired) electrons. The number of sulfonamides is 1. The van der Waals surface area contributed by atoms with E-state index in [1.807, 2.05) is 36.4 Å². The number of hydrogen-bond acceptors (Lipinski definition) is 6. The van der Waals surface area contributed by atoms with Gasteiger partial charge in [0.25, 0.3) is 5.91 Å². The Morgan fingerprint density at radius 1 is 0.974 bits per heavy atom. The second-order valence-corrected chi connectivity index (χ2v) is 11.0. The SMILES string of the molecule is CCn1c2ccccc2c2cc(NC(=O)COC(=O)c3ccc(C)c(S(=O)(=O)N4CCOCC4)c3)ccc21. The van der Waals surface area contributed by atoms with E-state index < -0.39 is 28.5 Å². The highest BCUT2D eigenvalue weighted by molar-refractivity contribution is 7.89. The Hall–Kier alpha value is -3.73. The molecule has 5 rings (SSSR count). The molecule has 3 aromatic carbocycles. The van der Waals surface area contributed by atoms with Gasteiger partial charge >= 0.3 is 5.97 Å². The minimum absolute atomic E-state index is 0.0397. The van der Waals surface area contributed by atoms with Gasteiger partial charge in [0.05, 0.1) is 23.7 Å². The average molecular weight is 536 g/mol. The molecule has 0 bridgehead atoms. The highest BCUT2D eigenvalue weighted by Gasteiger charge is 2.28. The third kappa shape index (κ3) is 4.90. The van der Waals surface area contributed by atoms with Crippen molar-refractivity contribution in [1.29, 1.82) is 0 Å². The maximum Gasteiger partial charge on any atom is 0.338 e. The Balaban J connectivity index is 1.28. The number of morpholine rings is 1. The highest BCUT2D eigenvalue weighted by Crippen LogP contribution is 2.31. The van der Waals surface area contributed by atoms with Gasteiger partial charge < -0.3 is 19.4 Å². The topological polar surface area (TPSA) is 107 Å². The lowest BCUT2D eigenvalue weighted by Gasteiger charge is -2.26. The molecule has 9 nitrogen and oxygen atoms in total. The van der Waals surface area contributed by atoms with E-state index in [0.29, 0.717) is 24.5 Å². The van der Waals surface area contributed by atoms with Gasteiger partial charge in [0.1, 0.15) is 0 Å². The Bertz CT molecular complexity index is 1640. The first-order chi connectivity index (χ1) is 18.3. The number of nitrogens with one attached hydrogen (secondary N) is 1. The molecular weight excluding hydrogens is 506 g/mol. The fraction of sp³-hybridized carbons (Fsp3) is 0.286. The van der Waals surface area contributed by atoms with Crippen LogP contribution in [0.15, 0.2) is 65.6 Å². The third-order valence-corrected chi connectivity index (χ3v) is 8.76. The number of benzene rings is 3. The summed E-state index contributed by atoms with van der Waals surface area (Å²) >= 11 is 0. The van der Waals surface area contributed by atoms with Gasteiger partial charge in [-0.3, -0.25) is 4.79 Å². The number of aromatic nitrogens is 1. The van der Waals surface area contributed by atoms with E-state index in [0.717, 1.165) is 28.4 Å². The van der Waals surface area contributed by atoms with E-state index in [9.17, 15) is 18.0 Å². The van der Waals surface area contributed by atoms with Crippen LogP contribution in [0.5, 0.6) is 0 Å². The fourth-order valence-electron chi connectivity index (χ4n) is 4.81. The van der Waals surface area contributed by atoms with Crippen molar-refractivity contribution in [3.63, 3.8) is 0 Å². The number of para-hydroxylation sites is 1. The molecule has 0 atom stereocenters. The van der Waals surface area contributed by atoms with Gasteiger partial charge in [-0.25, -0.2) is 13.2 Å². The zero-order chi connectivity index (χ0) is 26.9. The minimum Gasteiger partial charge on any atom is -0.452 e. The molecular formula is C28H29N3O6S. The van der Waals surface area contributed by atoms with Crippen molar-refractivity contribution in [1.82, 2.24) is 8.87 Å². The number of ether oxygens (including phenoxy) is 2. The Labute approximate surface area is 221 Å². The summed E-state index contributed by atoms with van der Waals surface area (Å²) in [5.41, 5.74) is 3.36. The quantitative estimate of drug-likeness (QED) is 0.359. The highest BCUT2D eigenvalue weighted by atomic mass is 32.2. The molecule has 0 spiro atoms. The summed E-state index contributed by atoms with van der Waals surface area (Å²) < 4.78 is 40.2. The number of aryl methyl sites for hydroxylation is 2. The van der Waals surface area contributed by atoms with Crippen LogP contribution in [0.2, 0.25) is 0 Å². The predicted octanol–water partition coefficient (Wildman–Crippen LogP) is 3.94. The van der Waals surface area contributed by atoms with E-state index in [4.69, 9.17) is 9.47 Å². The van der Waals surface area contributed by atoms with Crippen molar-refractivity contribution < 1.29 is 27.5 Å². The van der Waals surface area contributed by atoms with Crippen LogP contribution in [0.25, 0.3) is 21.8 Å². The molecule has 0 saturated carbocycles. The van der Waals surface area contributed by atoms with Crippen LogP contribution in [0.4, 0.5) is 5.69 Å². The van der Waals surface area contributed by atoms with Crippen LogP contribution in [0.3, 0.4) is 0 Å². The fourth-order valence-corrected chi connectivity index (χ4v) is 6.47. The molecule has 1 saturated heterocycles. The zero-order valence-electron chi connectivity index (χ0n) is 21.3. The van der Waals surface area contributed by atoms with Gasteiger partial charge in [-0.2, -0.15) is 4.31 Å². The first-order valence-electron chi connectivity index (χ1n) is 12.5. The Morgan fingerprint density at radius 2 is 1.71 bits per heavy atom. The number of carbonyl (C=O) groups is 2.